The summed E-state index contributed by atoms with van der Waals surface area (Å²) in [5.74, 6) is 0.0731. The lowest BCUT2D eigenvalue weighted by Crippen LogP contribution is -2.42. The molecule has 2 aromatic rings. The van der Waals surface area contributed by atoms with Crippen LogP contribution >= 0.6 is 0 Å². The van der Waals surface area contributed by atoms with E-state index in [0.717, 1.165) is 43.7 Å². The van der Waals surface area contributed by atoms with Crippen LogP contribution in [0.15, 0.2) is 36.4 Å². The number of nitrogens with one attached hydrogen (secondary N) is 1. The van der Waals surface area contributed by atoms with Gasteiger partial charge in [0.15, 0.2) is 5.69 Å². The summed E-state index contributed by atoms with van der Waals surface area (Å²) >= 11 is 0. The van der Waals surface area contributed by atoms with E-state index in [0.29, 0.717) is 17.8 Å². The largest absolute Gasteiger partial charge is 0.333 e. The molecular formula is C19H24N4O. The number of nitrogens with zero attached hydrogens (tertiary/aromatic N) is 3. The van der Waals surface area contributed by atoms with Gasteiger partial charge in [-0.15, -0.1) is 0 Å². The van der Waals surface area contributed by atoms with Crippen LogP contribution in [-0.4, -0.2) is 45.8 Å². The van der Waals surface area contributed by atoms with Crippen LogP contribution in [0.2, 0.25) is 0 Å². The number of hydrogen-bond acceptors (Lipinski definition) is 3. The molecule has 0 bridgehead atoms. The number of hydrogen-bond donors (Lipinski definition) is 1. The molecule has 126 valence electrons. The van der Waals surface area contributed by atoms with Crippen molar-refractivity contribution in [3.63, 3.8) is 0 Å². The van der Waals surface area contributed by atoms with Gasteiger partial charge in [-0.1, -0.05) is 18.2 Å². The van der Waals surface area contributed by atoms with Gasteiger partial charge in [0.2, 0.25) is 0 Å². The van der Waals surface area contributed by atoms with Gasteiger partial charge in [0.05, 0.1) is 5.69 Å². The molecule has 1 amide bonds. The standard InChI is InChI=1S/C19H24N4O/c1-14-12-18(21-23(14)17-7-3-2-4-8-17)19(24)22(16-9-10-16)13-15-6-5-11-20-15/h2-4,7-8,12,15-16,20H,5-6,9-11,13H2,1H3. The number of aryl methyl sites for hydroxylation is 1. The molecule has 1 aromatic carbocycles. The van der Waals surface area contributed by atoms with Crippen LogP contribution in [0.1, 0.15) is 41.9 Å². The quantitative estimate of drug-likeness (QED) is 0.919. The summed E-state index contributed by atoms with van der Waals surface area (Å²) in [5.41, 5.74) is 2.53. The zero-order valence-corrected chi connectivity index (χ0v) is 14.1. The molecule has 1 N–H and O–H groups in total. The molecule has 1 saturated heterocycles. The molecule has 5 heteroatoms. The number of rotatable bonds is 5. The summed E-state index contributed by atoms with van der Waals surface area (Å²) in [4.78, 5) is 15.1. The Hall–Kier alpha value is -2.14. The fourth-order valence-corrected chi connectivity index (χ4v) is 3.49. The molecule has 1 aliphatic carbocycles. The van der Waals surface area contributed by atoms with E-state index < -0.39 is 0 Å². The van der Waals surface area contributed by atoms with Crippen molar-refractivity contribution in [1.29, 1.82) is 0 Å². The molecule has 1 saturated carbocycles. The highest BCUT2D eigenvalue weighted by molar-refractivity contribution is 5.93. The highest BCUT2D eigenvalue weighted by Gasteiger charge is 2.36. The summed E-state index contributed by atoms with van der Waals surface area (Å²) in [7, 11) is 0. The average molecular weight is 324 g/mol. The van der Waals surface area contributed by atoms with Gasteiger partial charge in [0.25, 0.3) is 5.91 Å². The minimum absolute atomic E-state index is 0.0731. The van der Waals surface area contributed by atoms with Gasteiger partial charge in [-0.2, -0.15) is 5.10 Å². The van der Waals surface area contributed by atoms with E-state index in [1.807, 2.05) is 52.9 Å². The first-order valence-electron chi connectivity index (χ1n) is 8.89. The van der Waals surface area contributed by atoms with Crippen molar-refractivity contribution >= 4 is 5.91 Å². The second-order valence-corrected chi connectivity index (χ2v) is 6.90. The Morgan fingerprint density at radius 3 is 2.75 bits per heavy atom. The first-order chi connectivity index (χ1) is 11.7. The predicted molar refractivity (Wildman–Crippen MR) is 93.4 cm³/mol. The molecule has 1 aliphatic heterocycles. The summed E-state index contributed by atoms with van der Waals surface area (Å²) < 4.78 is 1.85. The van der Waals surface area contributed by atoms with Crippen molar-refractivity contribution in [3.05, 3.63) is 47.8 Å². The van der Waals surface area contributed by atoms with Crippen LogP contribution in [0, 0.1) is 6.92 Å². The van der Waals surface area contributed by atoms with Gasteiger partial charge in [-0.3, -0.25) is 4.79 Å². The van der Waals surface area contributed by atoms with E-state index in [1.165, 1.54) is 6.42 Å². The third-order valence-electron chi connectivity index (χ3n) is 4.94. The molecule has 0 radical (unpaired) electrons. The monoisotopic (exact) mass is 324 g/mol. The van der Waals surface area contributed by atoms with E-state index in [4.69, 9.17) is 0 Å². The molecule has 2 fully saturated rings. The minimum atomic E-state index is 0.0731. The molecule has 2 heterocycles. The van der Waals surface area contributed by atoms with Crippen LogP contribution < -0.4 is 5.32 Å². The number of benzene rings is 1. The van der Waals surface area contributed by atoms with Crippen molar-refractivity contribution in [2.24, 2.45) is 0 Å². The van der Waals surface area contributed by atoms with Crippen molar-refractivity contribution in [1.82, 2.24) is 20.0 Å². The van der Waals surface area contributed by atoms with Gasteiger partial charge in [0.1, 0.15) is 0 Å². The SMILES string of the molecule is Cc1cc(C(=O)N(CC2CCCN2)C2CC2)nn1-c1ccccc1. The van der Waals surface area contributed by atoms with Crippen molar-refractivity contribution in [2.75, 3.05) is 13.1 Å². The van der Waals surface area contributed by atoms with Crippen LogP contribution in [0.25, 0.3) is 5.69 Å². The maximum atomic E-state index is 13.0. The van der Waals surface area contributed by atoms with Crippen LogP contribution in [0.3, 0.4) is 0 Å². The van der Waals surface area contributed by atoms with Gasteiger partial charge in [0, 0.05) is 24.3 Å². The third-order valence-corrected chi connectivity index (χ3v) is 4.94. The second kappa shape index (κ2) is 6.40. The Morgan fingerprint density at radius 2 is 2.08 bits per heavy atom. The molecule has 24 heavy (non-hydrogen) atoms. The molecule has 4 rings (SSSR count). The van der Waals surface area contributed by atoms with Crippen LogP contribution in [0.5, 0.6) is 0 Å². The Bertz CT molecular complexity index is 714. The normalized spacial score (nSPS) is 20.3. The van der Waals surface area contributed by atoms with E-state index >= 15 is 0 Å². The molecule has 5 nitrogen and oxygen atoms in total. The molecule has 1 aromatic heterocycles. The van der Waals surface area contributed by atoms with E-state index in [-0.39, 0.29) is 5.91 Å². The fourth-order valence-electron chi connectivity index (χ4n) is 3.49. The lowest BCUT2D eigenvalue weighted by Gasteiger charge is -2.25. The summed E-state index contributed by atoms with van der Waals surface area (Å²) in [6, 6.07) is 12.7. The second-order valence-electron chi connectivity index (χ2n) is 6.90. The van der Waals surface area contributed by atoms with Gasteiger partial charge < -0.3 is 10.2 Å². The molecule has 1 atom stereocenters. The Labute approximate surface area is 142 Å². The predicted octanol–water partition coefficient (Wildman–Crippen LogP) is 2.54. The number of aromatic nitrogens is 2. The molecular weight excluding hydrogens is 300 g/mol. The van der Waals surface area contributed by atoms with Crippen molar-refractivity contribution < 1.29 is 4.79 Å². The van der Waals surface area contributed by atoms with Crippen molar-refractivity contribution in [3.8, 4) is 5.69 Å². The zero-order chi connectivity index (χ0) is 16.5. The number of carbonyl (C=O) groups is 1. The van der Waals surface area contributed by atoms with Crippen LogP contribution in [-0.2, 0) is 0 Å². The lowest BCUT2D eigenvalue weighted by molar-refractivity contribution is 0.0722. The first kappa shape index (κ1) is 15.4. The lowest BCUT2D eigenvalue weighted by atomic mass is 10.2. The summed E-state index contributed by atoms with van der Waals surface area (Å²) in [5, 5.41) is 8.09. The number of carbonyl (C=O) groups excluding carboxylic acids is 1. The van der Waals surface area contributed by atoms with Gasteiger partial charge in [-0.05, 0) is 57.4 Å². The van der Waals surface area contributed by atoms with Gasteiger partial charge >= 0.3 is 0 Å². The Morgan fingerprint density at radius 1 is 1.29 bits per heavy atom. The van der Waals surface area contributed by atoms with Gasteiger partial charge in [-0.25, -0.2) is 4.68 Å². The number of amides is 1. The zero-order valence-electron chi connectivity index (χ0n) is 14.1. The highest BCUT2D eigenvalue weighted by atomic mass is 16.2. The first-order valence-corrected chi connectivity index (χ1v) is 8.89. The Kier molecular flexibility index (Phi) is 4.10. The third kappa shape index (κ3) is 3.08. The van der Waals surface area contributed by atoms with Crippen LogP contribution in [0.4, 0.5) is 0 Å². The average Bonchev–Trinajstić information content (AvgIpc) is 3.17. The molecule has 0 spiro atoms. The van der Waals surface area contributed by atoms with E-state index in [1.54, 1.807) is 0 Å². The van der Waals surface area contributed by atoms with E-state index in [2.05, 4.69) is 10.4 Å². The maximum Gasteiger partial charge on any atom is 0.274 e. The topological polar surface area (TPSA) is 50.2 Å². The molecule has 2 aliphatic rings. The Balaban J connectivity index is 1.56. The minimum Gasteiger partial charge on any atom is -0.333 e. The molecule has 1 unspecified atom stereocenters. The number of para-hydroxylation sites is 1. The smallest absolute Gasteiger partial charge is 0.274 e. The highest BCUT2D eigenvalue weighted by Crippen LogP contribution is 2.29. The maximum absolute atomic E-state index is 13.0. The van der Waals surface area contributed by atoms with E-state index in [9.17, 15) is 4.79 Å². The van der Waals surface area contributed by atoms with Crippen molar-refractivity contribution in [2.45, 2.75) is 44.7 Å². The fraction of sp³-hybridized carbons (Fsp3) is 0.474. The summed E-state index contributed by atoms with van der Waals surface area (Å²) in [6.45, 7) is 3.87. The summed E-state index contributed by atoms with van der Waals surface area (Å²) in [6.07, 6.45) is 4.61.